The van der Waals surface area contributed by atoms with Crippen LogP contribution in [0, 0.1) is 5.82 Å². The Hall–Kier alpha value is -3.43. The second kappa shape index (κ2) is 13.3. The van der Waals surface area contributed by atoms with Crippen molar-refractivity contribution in [1.29, 1.82) is 0 Å². The molecule has 0 bridgehead atoms. The standard InChI is InChI=1S/C30H33ClFN3O4S/c1-40(38,39)35(26-17-15-24(32)16-18-26)21-29(36)34(20-23-11-5-8-14-27(23)31)28(19-22-9-3-2-4-10-22)30(37)33-25-12-6-7-13-25/h2-5,8-11,14-18,25,28H,6-7,12-13,19-21H2,1H3,(H,33,37)/t28-/m0/s1. The Labute approximate surface area is 240 Å². The number of rotatable bonds is 11. The van der Waals surface area contributed by atoms with E-state index in [2.05, 4.69) is 5.32 Å². The van der Waals surface area contributed by atoms with Crippen molar-refractivity contribution in [2.75, 3.05) is 17.1 Å². The van der Waals surface area contributed by atoms with Crippen molar-refractivity contribution >= 4 is 39.1 Å². The third kappa shape index (κ3) is 7.82. The maximum atomic E-state index is 14.1. The SMILES string of the molecule is CS(=O)(=O)N(CC(=O)N(Cc1ccccc1Cl)[C@@H](Cc1ccccc1)C(=O)NC1CCCC1)c1ccc(F)cc1. The topological polar surface area (TPSA) is 86.8 Å². The van der Waals surface area contributed by atoms with Gasteiger partial charge in [0.1, 0.15) is 18.4 Å². The summed E-state index contributed by atoms with van der Waals surface area (Å²) in [5.41, 5.74) is 1.62. The predicted molar refractivity (Wildman–Crippen MR) is 155 cm³/mol. The first kappa shape index (κ1) is 29.6. The lowest BCUT2D eigenvalue weighted by molar-refractivity contribution is -0.140. The minimum Gasteiger partial charge on any atom is -0.352 e. The molecule has 40 heavy (non-hydrogen) atoms. The van der Waals surface area contributed by atoms with Gasteiger partial charge in [0.25, 0.3) is 0 Å². The van der Waals surface area contributed by atoms with Crippen molar-refractivity contribution in [3.63, 3.8) is 0 Å². The molecule has 4 rings (SSSR count). The molecule has 0 unspecified atom stereocenters. The van der Waals surface area contributed by atoms with Gasteiger partial charge >= 0.3 is 0 Å². The van der Waals surface area contributed by atoms with Gasteiger partial charge in [-0.2, -0.15) is 0 Å². The second-order valence-corrected chi connectivity index (χ2v) is 12.4. The van der Waals surface area contributed by atoms with Crippen molar-refractivity contribution < 1.29 is 22.4 Å². The van der Waals surface area contributed by atoms with E-state index in [9.17, 15) is 22.4 Å². The molecule has 0 aliphatic heterocycles. The number of nitrogens with zero attached hydrogens (tertiary/aromatic N) is 2. The largest absolute Gasteiger partial charge is 0.352 e. The fraction of sp³-hybridized carbons (Fsp3) is 0.333. The van der Waals surface area contributed by atoms with Crippen LogP contribution in [-0.4, -0.2) is 50.0 Å². The molecule has 1 aliphatic carbocycles. The highest BCUT2D eigenvalue weighted by Crippen LogP contribution is 2.24. The van der Waals surface area contributed by atoms with Crippen LogP contribution in [0.15, 0.2) is 78.9 Å². The van der Waals surface area contributed by atoms with E-state index in [1.807, 2.05) is 30.3 Å². The van der Waals surface area contributed by atoms with E-state index in [0.29, 0.717) is 10.6 Å². The molecule has 212 valence electrons. The molecule has 10 heteroatoms. The van der Waals surface area contributed by atoms with Gasteiger partial charge in [-0.1, -0.05) is 73.0 Å². The van der Waals surface area contributed by atoms with Crippen LogP contribution in [0.3, 0.4) is 0 Å². The number of amides is 2. The van der Waals surface area contributed by atoms with E-state index >= 15 is 0 Å². The monoisotopic (exact) mass is 585 g/mol. The summed E-state index contributed by atoms with van der Waals surface area (Å²) >= 11 is 6.46. The maximum Gasteiger partial charge on any atom is 0.244 e. The first-order valence-corrected chi connectivity index (χ1v) is 15.4. The van der Waals surface area contributed by atoms with Crippen molar-refractivity contribution in [3.05, 3.63) is 101 Å². The molecule has 1 saturated carbocycles. The van der Waals surface area contributed by atoms with Crippen molar-refractivity contribution in [1.82, 2.24) is 10.2 Å². The van der Waals surface area contributed by atoms with Crippen molar-refractivity contribution in [2.24, 2.45) is 0 Å². The summed E-state index contributed by atoms with van der Waals surface area (Å²) in [5, 5.41) is 3.54. The third-order valence-electron chi connectivity index (χ3n) is 7.06. The van der Waals surface area contributed by atoms with Gasteiger partial charge in [0.05, 0.1) is 11.9 Å². The van der Waals surface area contributed by atoms with Crippen LogP contribution in [0.2, 0.25) is 5.02 Å². The Balaban J connectivity index is 1.72. The van der Waals surface area contributed by atoms with E-state index in [4.69, 9.17) is 11.6 Å². The first-order valence-electron chi connectivity index (χ1n) is 13.2. The fourth-order valence-electron chi connectivity index (χ4n) is 4.95. The summed E-state index contributed by atoms with van der Waals surface area (Å²) < 4.78 is 40.1. The van der Waals surface area contributed by atoms with Gasteiger partial charge in [-0.3, -0.25) is 13.9 Å². The van der Waals surface area contributed by atoms with Crippen molar-refractivity contribution in [2.45, 2.75) is 50.7 Å². The summed E-state index contributed by atoms with van der Waals surface area (Å²) in [6.07, 6.45) is 5.00. The van der Waals surface area contributed by atoms with Crippen LogP contribution in [0.1, 0.15) is 36.8 Å². The molecule has 1 atom stereocenters. The summed E-state index contributed by atoms with van der Waals surface area (Å²) in [5.74, 6) is -1.42. The summed E-state index contributed by atoms with van der Waals surface area (Å²) in [6.45, 7) is -0.577. The Morgan fingerprint density at radius 1 is 0.975 bits per heavy atom. The summed E-state index contributed by atoms with van der Waals surface area (Å²) in [4.78, 5) is 29.3. The molecule has 0 radical (unpaired) electrons. The zero-order valence-corrected chi connectivity index (χ0v) is 23.9. The van der Waals surface area contributed by atoms with Gasteiger partial charge < -0.3 is 10.2 Å². The maximum absolute atomic E-state index is 14.1. The summed E-state index contributed by atoms with van der Waals surface area (Å²) in [6, 6.07) is 20.4. The predicted octanol–water partition coefficient (Wildman–Crippen LogP) is 4.94. The Morgan fingerprint density at radius 3 is 2.23 bits per heavy atom. The van der Waals surface area contributed by atoms with Gasteiger partial charge in [0, 0.05) is 24.0 Å². The van der Waals surface area contributed by atoms with Crippen LogP contribution in [-0.2, 0) is 32.6 Å². The average molecular weight is 586 g/mol. The highest BCUT2D eigenvalue weighted by atomic mass is 35.5. The first-order chi connectivity index (χ1) is 19.1. The lowest BCUT2D eigenvalue weighted by atomic mass is 10.0. The number of carbonyl (C=O) groups is 2. The average Bonchev–Trinajstić information content (AvgIpc) is 3.44. The molecule has 3 aromatic rings. The number of halogens is 2. The molecular weight excluding hydrogens is 553 g/mol. The number of hydrogen-bond donors (Lipinski definition) is 1. The Kier molecular flexibility index (Phi) is 9.81. The Morgan fingerprint density at radius 2 is 1.60 bits per heavy atom. The zero-order valence-electron chi connectivity index (χ0n) is 22.3. The molecule has 2 amide bonds. The van der Waals surface area contributed by atoms with E-state index in [1.165, 1.54) is 17.0 Å². The number of nitrogens with one attached hydrogen (secondary N) is 1. The lowest BCUT2D eigenvalue weighted by Crippen LogP contribution is -2.54. The second-order valence-electron chi connectivity index (χ2n) is 10.1. The zero-order chi connectivity index (χ0) is 28.7. The highest BCUT2D eigenvalue weighted by Gasteiger charge is 2.34. The molecule has 1 N–H and O–H groups in total. The van der Waals surface area contributed by atoms with Gasteiger partial charge in [-0.25, -0.2) is 12.8 Å². The molecule has 0 aromatic heterocycles. The quantitative estimate of drug-likeness (QED) is 0.345. The van der Waals surface area contributed by atoms with E-state index in [1.54, 1.807) is 24.3 Å². The van der Waals surface area contributed by atoms with Gasteiger partial charge in [-0.15, -0.1) is 0 Å². The van der Waals surface area contributed by atoms with Gasteiger partial charge in [0.2, 0.25) is 21.8 Å². The molecular formula is C30H33ClFN3O4S. The molecule has 3 aromatic carbocycles. The Bertz CT molecular complexity index is 1410. The van der Waals surface area contributed by atoms with Crippen LogP contribution >= 0.6 is 11.6 Å². The normalized spacial score (nSPS) is 14.5. The lowest BCUT2D eigenvalue weighted by Gasteiger charge is -2.34. The summed E-state index contributed by atoms with van der Waals surface area (Å²) in [7, 11) is -3.93. The van der Waals surface area contributed by atoms with Crippen LogP contribution in [0.25, 0.3) is 0 Å². The molecule has 0 spiro atoms. The molecule has 1 aliphatic rings. The van der Waals surface area contributed by atoms with E-state index in [0.717, 1.165) is 53.9 Å². The number of carbonyl (C=O) groups excluding carboxylic acids is 2. The van der Waals surface area contributed by atoms with Crippen LogP contribution in [0.5, 0.6) is 0 Å². The van der Waals surface area contributed by atoms with Crippen molar-refractivity contribution in [3.8, 4) is 0 Å². The molecule has 7 nitrogen and oxygen atoms in total. The fourth-order valence-corrected chi connectivity index (χ4v) is 6.00. The van der Waals surface area contributed by atoms with Gasteiger partial charge in [0.15, 0.2) is 0 Å². The van der Waals surface area contributed by atoms with Gasteiger partial charge in [-0.05, 0) is 54.3 Å². The number of anilines is 1. The third-order valence-corrected chi connectivity index (χ3v) is 8.57. The van der Waals surface area contributed by atoms with E-state index in [-0.39, 0.29) is 30.6 Å². The molecule has 1 fully saturated rings. The minimum absolute atomic E-state index is 0.00485. The number of hydrogen-bond acceptors (Lipinski definition) is 4. The smallest absolute Gasteiger partial charge is 0.244 e. The van der Waals surface area contributed by atoms with E-state index < -0.39 is 34.3 Å². The highest BCUT2D eigenvalue weighted by molar-refractivity contribution is 7.92. The number of sulfonamides is 1. The molecule has 0 heterocycles. The molecule has 0 saturated heterocycles. The van der Waals surface area contributed by atoms with Crippen LogP contribution < -0.4 is 9.62 Å². The number of benzene rings is 3. The van der Waals surface area contributed by atoms with Crippen LogP contribution in [0.4, 0.5) is 10.1 Å². The minimum atomic E-state index is -3.93.